The molecular weight excluding hydrogens is 188 g/mol. The number of pyridine rings is 1. The largest absolute Gasteiger partial charge is 0.492 e. The highest BCUT2D eigenvalue weighted by Gasteiger charge is 2.00. The average molecular weight is 202 g/mol. The Balaban J connectivity index is 2.26. The Morgan fingerprint density at radius 1 is 1.27 bits per heavy atom. The van der Waals surface area contributed by atoms with Gasteiger partial charge in [0, 0.05) is 18.1 Å². The Kier molecular flexibility index (Phi) is 3.15. The second-order valence-corrected chi connectivity index (χ2v) is 3.28. The molecule has 0 aliphatic heterocycles. The SMILES string of the molecule is CNCCOc1ccnc2ccccc12. The number of para-hydroxylation sites is 1. The van der Waals surface area contributed by atoms with Crippen LogP contribution in [-0.2, 0) is 0 Å². The van der Waals surface area contributed by atoms with Crippen LogP contribution in [0.5, 0.6) is 5.75 Å². The van der Waals surface area contributed by atoms with Crippen molar-refractivity contribution in [1.82, 2.24) is 10.3 Å². The first-order valence-corrected chi connectivity index (χ1v) is 5.03. The van der Waals surface area contributed by atoms with Crippen molar-refractivity contribution in [2.75, 3.05) is 20.2 Å². The van der Waals surface area contributed by atoms with Crippen LogP contribution in [0.15, 0.2) is 36.5 Å². The predicted octanol–water partition coefficient (Wildman–Crippen LogP) is 1.83. The molecular formula is C12H14N2O. The third-order valence-electron chi connectivity index (χ3n) is 2.22. The fourth-order valence-electron chi connectivity index (χ4n) is 1.46. The summed E-state index contributed by atoms with van der Waals surface area (Å²) in [5.74, 6) is 0.899. The summed E-state index contributed by atoms with van der Waals surface area (Å²) in [4.78, 5) is 4.27. The summed E-state index contributed by atoms with van der Waals surface area (Å²) in [6.45, 7) is 1.52. The molecule has 0 fully saturated rings. The van der Waals surface area contributed by atoms with Crippen LogP contribution < -0.4 is 10.1 Å². The van der Waals surface area contributed by atoms with E-state index in [1.54, 1.807) is 6.20 Å². The summed E-state index contributed by atoms with van der Waals surface area (Å²) in [6, 6.07) is 9.89. The quantitative estimate of drug-likeness (QED) is 0.768. The van der Waals surface area contributed by atoms with E-state index in [-0.39, 0.29) is 0 Å². The summed E-state index contributed by atoms with van der Waals surface area (Å²) in [5.41, 5.74) is 0.972. The van der Waals surface area contributed by atoms with Gasteiger partial charge in [-0.25, -0.2) is 0 Å². The normalized spacial score (nSPS) is 10.5. The number of aromatic nitrogens is 1. The van der Waals surface area contributed by atoms with Gasteiger partial charge in [-0.15, -0.1) is 0 Å². The lowest BCUT2D eigenvalue weighted by atomic mass is 10.2. The molecule has 0 bridgehead atoms. The summed E-state index contributed by atoms with van der Waals surface area (Å²) < 4.78 is 5.66. The Labute approximate surface area is 89.1 Å². The van der Waals surface area contributed by atoms with Crippen LogP contribution in [0.25, 0.3) is 10.9 Å². The monoisotopic (exact) mass is 202 g/mol. The molecule has 0 amide bonds. The Bertz CT molecular complexity index is 437. The zero-order valence-corrected chi connectivity index (χ0v) is 8.73. The second-order valence-electron chi connectivity index (χ2n) is 3.28. The van der Waals surface area contributed by atoms with E-state index in [4.69, 9.17) is 4.74 Å². The van der Waals surface area contributed by atoms with Gasteiger partial charge >= 0.3 is 0 Å². The van der Waals surface area contributed by atoms with Gasteiger partial charge in [-0.3, -0.25) is 4.98 Å². The number of fused-ring (bicyclic) bond motifs is 1. The van der Waals surface area contributed by atoms with E-state index >= 15 is 0 Å². The van der Waals surface area contributed by atoms with Crippen molar-refractivity contribution in [3.05, 3.63) is 36.5 Å². The Morgan fingerprint density at radius 2 is 2.13 bits per heavy atom. The maximum Gasteiger partial charge on any atom is 0.130 e. The zero-order valence-electron chi connectivity index (χ0n) is 8.73. The molecule has 0 spiro atoms. The molecule has 3 nitrogen and oxygen atoms in total. The summed E-state index contributed by atoms with van der Waals surface area (Å²) in [5, 5.41) is 4.11. The molecule has 0 saturated heterocycles. The van der Waals surface area contributed by atoms with Gasteiger partial charge in [-0.1, -0.05) is 12.1 Å². The Morgan fingerprint density at radius 3 is 3.00 bits per heavy atom. The van der Waals surface area contributed by atoms with Gasteiger partial charge in [0.1, 0.15) is 12.4 Å². The standard InChI is InChI=1S/C12H14N2O/c1-13-8-9-15-12-6-7-14-11-5-3-2-4-10(11)12/h2-7,13H,8-9H2,1H3. The molecule has 3 heteroatoms. The highest BCUT2D eigenvalue weighted by Crippen LogP contribution is 2.22. The molecule has 0 saturated carbocycles. The summed E-state index contributed by atoms with van der Waals surface area (Å²) >= 11 is 0. The van der Waals surface area contributed by atoms with Gasteiger partial charge in [-0.2, -0.15) is 0 Å². The molecule has 1 heterocycles. The average Bonchev–Trinajstić information content (AvgIpc) is 2.30. The number of rotatable bonds is 4. The molecule has 1 aromatic carbocycles. The fraction of sp³-hybridized carbons (Fsp3) is 0.250. The molecule has 15 heavy (non-hydrogen) atoms. The minimum atomic E-state index is 0.671. The summed E-state index contributed by atoms with van der Waals surface area (Å²) in [7, 11) is 1.91. The van der Waals surface area contributed by atoms with Gasteiger partial charge in [0.05, 0.1) is 5.52 Å². The fourth-order valence-corrected chi connectivity index (χ4v) is 1.46. The Hall–Kier alpha value is -1.61. The molecule has 1 aromatic heterocycles. The molecule has 78 valence electrons. The van der Waals surface area contributed by atoms with E-state index in [2.05, 4.69) is 10.3 Å². The molecule has 0 aliphatic carbocycles. The highest BCUT2D eigenvalue weighted by atomic mass is 16.5. The number of hydrogen-bond acceptors (Lipinski definition) is 3. The summed E-state index contributed by atoms with van der Waals surface area (Å²) in [6.07, 6.45) is 1.77. The highest BCUT2D eigenvalue weighted by molar-refractivity contribution is 5.84. The molecule has 2 rings (SSSR count). The maximum atomic E-state index is 5.66. The van der Waals surface area contributed by atoms with Crippen LogP contribution in [0.1, 0.15) is 0 Å². The number of likely N-dealkylation sites (N-methyl/N-ethyl adjacent to an activating group) is 1. The molecule has 0 unspecified atom stereocenters. The van der Waals surface area contributed by atoms with Crippen LogP contribution in [0, 0.1) is 0 Å². The lowest BCUT2D eigenvalue weighted by molar-refractivity contribution is 0.322. The van der Waals surface area contributed by atoms with E-state index in [9.17, 15) is 0 Å². The van der Waals surface area contributed by atoms with Crippen molar-refractivity contribution in [2.24, 2.45) is 0 Å². The van der Waals surface area contributed by atoms with Crippen molar-refractivity contribution < 1.29 is 4.74 Å². The van der Waals surface area contributed by atoms with Crippen molar-refractivity contribution in [1.29, 1.82) is 0 Å². The van der Waals surface area contributed by atoms with Gasteiger partial charge < -0.3 is 10.1 Å². The van der Waals surface area contributed by atoms with Crippen LogP contribution in [0.3, 0.4) is 0 Å². The van der Waals surface area contributed by atoms with Gasteiger partial charge in [0.25, 0.3) is 0 Å². The van der Waals surface area contributed by atoms with Crippen LogP contribution in [0.4, 0.5) is 0 Å². The minimum absolute atomic E-state index is 0.671. The number of nitrogens with zero attached hydrogens (tertiary/aromatic N) is 1. The van der Waals surface area contributed by atoms with Crippen molar-refractivity contribution in [2.45, 2.75) is 0 Å². The van der Waals surface area contributed by atoms with Gasteiger partial charge in [-0.05, 0) is 25.2 Å². The van der Waals surface area contributed by atoms with Crippen molar-refractivity contribution in [3.63, 3.8) is 0 Å². The van der Waals surface area contributed by atoms with E-state index in [0.717, 1.165) is 23.2 Å². The topological polar surface area (TPSA) is 34.1 Å². The first-order valence-electron chi connectivity index (χ1n) is 5.03. The third kappa shape index (κ3) is 2.25. The second kappa shape index (κ2) is 4.75. The number of hydrogen-bond donors (Lipinski definition) is 1. The predicted molar refractivity (Wildman–Crippen MR) is 61.2 cm³/mol. The van der Waals surface area contributed by atoms with Gasteiger partial charge in [0.15, 0.2) is 0 Å². The minimum Gasteiger partial charge on any atom is -0.492 e. The maximum absolute atomic E-state index is 5.66. The molecule has 2 aromatic rings. The van der Waals surface area contributed by atoms with Crippen LogP contribution >= 0.6 is 0 Å². The van der Waals surface area contributed by atoms with E-state index in [1.807, 2.05) is 37.4 Å². The van der Waals surface area contributed by atoms with Gasteiger partial charge in [0.2, 0.25) is 0 Å². The van der Waals surface area contributed by atoms with E-state index in [1.165, 1.54) is 0 Å². The smallest absolute Gasteiger partial charge is 0.130 e. The van der Waals surface area contributed by atoms with Crippen LogP contribution in [0.2, 0.25) is 0 Å². The molecule has 0 radical (unpaired) electrons. The lowest BCUT2D eigenvalue weighted by Gasteiger charge is -2.08. The number of nitrogens with one attached hydrogen (secondary N) is 1. The van der Waals surface area contributed by atoms with Crippen LogP contribution in [-0.4, -0.2) is 25.2 Å². The lowest BCUT2D eigenvalue weighted by Crippen LogP contribution is -2.16. The molecule has 0 aliphatic rings. The zero-order chi connectivity index (χ0) is 10.5. The number of benzene rings is 1. The third-order valence-corrected chi connectivity index (χ3v) is 2.22. The van der Waals surface area contributed by atoms with E-state index < -0.39 is 0 Å². The molecule has 0 atom stereocenters. The first-order chi connectivity index (χ1) is 7.42. The number of ether oxygens (including phenoxy) is 1. The van der Waals surface area contributed by atoms with Crippen molar-refractivity contribution in [3.8, 4) is 5.75 Å². The van der Waals surface area contributed by atoms with Crippen molar-refractivity contribution >= 4 is 10.9 Å². The molecule has 1 N–H and O–H groups in total. The van der Waals surface area contributed by atoms with E-state index in [0.29, 0.717) is 6.61 Å². The first kappa shape index (κ1) is 9.93.